The predicted molar refractivity (Wildman–Crippen MR) is 256 cm³/mol. The second-order valence-corrected chi connectivity index (χ2v) is 16.8. The second-order valence-electron chi connectivity index (χ2n) is 16.8. The molecular weight excluding hydrogens is 725 g/mol. The summed E-state index contributed by atoms with van der Waals surface area (Å²) in [6.07, 6.45) is 9.71. The van der Waals surface area contributed by atoms with Gasteiger partial charge in [-0.2, -0.15) is 0 Å². The fraction of sp³-hybridized carbons (Fsp3) is 0.0690. The van der Waals surface area contributed by atoms with Gasteiger partial charge in [0.05, 0.1) is 22.1 Å². The predicted octanol–water partition coefficient (Wildman–Crippen LogP) is 15.7. The average molecular weight is 769 g/mol. The number of rotatable bonds is 5. The van der Waals surface area contributed by atoms with E-state index in [2.05, 4.69) is 229 Å². The van der Waals surface area contributed by atoms with Gasteiger partial charge in [0.1, 0.15) is 0 Å². The molecule has 1 aliphatic carbocycles. The van der Waals surface area contributed by atoms with Gasteiger partial charge < -0.3 is 9.13 Å². The lowest BCUT2D eigenvalue weighted by Crippen LogP contribution is -2.18. The van der Waals surface area contributed by atoms with E-state index in [1.807, 2.05) is 0 Å². The lowest BCUT2D eigenvalue weighted by atomic mass is 9.76. The van der Waals surface area contributed by atoms with Gasteiger partial charge in [-0.1, -0.05) is 166 Å². The molecule has 0 saturated heterocycles. The molecule has 1 aliphatic rings. The SMILES string of the molecule is C=C1/C=C\C=C/CC(C)(C)c2ccc3c(c21)c1cc(-c2ccc4c(c2)c2ccccc2n4-c2ccc(-c4ccccc4)cc2)ccc1n3-c1ccc(-c2ccccc2)cc1. The molecule has 0 bridgehead atoms. The van der Waals surface area contributed by atoms with Crippen molar-refractivity contribution in [2.75, 3.05) is 0 Å². The van der Waals surface area contributed by atoms with E-state index in [1.165, 1.54) is 88.1 Å². The van der Waals surface area contributed by atoms with Crippen LogP contribution in [0.4, 0.5) is 0 Å². The highest BCUT2D eigenvalue weighted by Crippen LogP contribution is 2.45. The number of hydrogen-bond donors (Lipinski definition) is 0. The maximum atomic E-state index is 4.71. The van der Waals surface area contributed by atoms with Gasteiger partial charge in [0.15, 0.2) is 0 Å². The molecule has 0 spiro atoms. The fourth-order valence-corrected chi connectivity index (χ4v) is 9.57. The molecule has 0 radical (unpaired) electrons. The van der Waals surface area contributed by atoms with Gasteiger partial charge in [-0.05, 0) is 123 Å². The van der Waals surface area contributed by atoms with Gasteiger partial charge in [-0.3, -0.25) is 0 Å². The Labute approximate surface area is 351 Å². The third-order valence-corrected chi connectivity index (χ3v) is 12.6. The van der Waals surface area contributed by atoms with Crippen LogP contribution in [0.1, 0.15) is 31.4 Å². The third kappa shape index (κ3) is 5.87. The van der Waals surface area contributed by atoms with Crippen molar-refractivity contribution in [3.8, 4) is 44.8 Å². The van der Waals surface area contributed by atoms with E-state index >= 15 is 0 Å². The number of para-hydroxylation sites is 1. The molecule has 286 valence electrons. The Hall–Kier alpha value is -7.42. The Morgan fingerprint density at radius 2 is 0.917 bits per heavy atom. The maximum Gasteiger partial charge on any atom is 0.0547 e. The first-order valence-corrected chi connectivity index (χ1v) is 20.9. The number of benzene rings is 8. The number of hydrogen-bond acceptors (Lipinski definition) is 0. The standard InChI is InChI=1S/C58H44N2/c1-39-15-7-6-14-36-58(2,3)51-32-35-55-57(56(39)51)50-38-45(27-34-54(50)60(55)47-30-24-43(25-31-47)41-18-10-5-11-19-41)44-26-33-53-49(37-44)48-20-12-13-21-52(48)59(53)46-28-22-42(23-29-46)40-16-8-4-9-17-40/h4-35,37-38H,1,36H2,2-3H3/b14-6-,15-7-. The van der Waals surface area contributed by atoms with Crippen molar-refractivity contribution in [3.63, 3.8) is 0 Å². The van der Waals surface area contributed by atoms with Gasteiger partial charge in [0.25, 0.3) is 0 Å². The van der Waals surface area contributed by atoms with Gasteiger partial charge in [-0.15, -0.1) is 0 Å². The van der Waals surface area contributed by atoms with Gasteiger partial charge in [-0.25, -0.2) is 0 Å². The summed E-state index contributed by atoms with van der Waals surface area (Å²) < 4.78 is 4.84. The highest BCUT2D eigenvalue weighted by atomic mass is 15.0. The first-order valence-electron chi connectivity index (χ1n) is 20.9. The molecule has 2 heterocycles. The summed E-state index contributed by atoms with van der Waals surface area (Å²) in [5.74, 6) is 0. The molecule has 0 atom stereocenters. The average Bonchev–Trinajstić information content (AvgIpc) is 3.82. The van der Waals surface area contributed by atoms with E-state index in [0.29, 0.717) is 0 Å². The summed E-state index contributed by atoms with van der Waals surface area (Å²) in [5.41, 5.74) is 17.8. The second kappa shape index (κ2) is 14.1. The summed E-state index contributed by atoms with van der Waals surface area (Å²) in [7, 11) is 0. The summed E-state index contributed by atoms with van der Waals surface area (Å²) in [6.45, 7) is 9.42. The molecule has 8 aromatic carbocycles. The first kappa shape index (κ1) is 35.7. The minimum Gasteiger partial charge on any atom is -0.309 e. The molecule has 0 aliphatic heterocycles. The van der Waals surface area contributed by atoms with Crippen molar-refractivity contribution in [1.29, 1.82) is 0 Å². The van der Waals surface area contributed by atoms with E-state index in [1.54, 1.807) is 0 Å². The van der Waals surface area contributed by atoms with Gasteiger partial charge in [0, 0.05) is 32.9 Å². The molecule has 2 aromatic heterocycles. The van der Waals surface area contributed by atoms with Crippen LogP contribution in [0.15, 0.2) is 213 Å². The largest absolute Gasteiger partial charge is 0.309 e. The Morgan fingerprint density at radius 1 is 0.433 bits per heavy atom. The molecule has 0 amide bonds. The van der Waals surface area contributed by atoms with Crippen LogP contribution >= 0.6 is 0 Å². The lowest BCUT2D eigenvalue weighted by Gasteiger charge is -2.27. The normalized spacial score (nSPS) is 14.9. The summed E-state index contributed by atoms with van der Waals surface area (Å²) in [6, 6.07) is 66.7. The minimum atomic E-state index is -0.0839. The van der Waals surface area contributed by atoms with E-state index in [4.69, 9.17) is 6.58 Å². The van der Waals surface area contributed by atoms with Crippen LogP contribution in [-0.2, 0) is 5.41 Å². The van der Waals surface area contributed by atoms with Crippen LogP contribution in [0, 0.1) is 0 Å². The number of allylic oxidation sites excluding steroid dienone is 5. The Balaban J connectivity index is 1.11. The molecule has 0 saturated carbocycles. The zero-order valence-electron chi connectivity index (χ0n) is 33.9. The zero-order valence-corrected chi connectivity index (χ0v) is 33.9. The summed E-state index contributed by atoms with van der Waals surface area (Å²) >= 11 is 0. The van der Waals surface area contributed by atoms with Crippen molar-refractivity contribution in [2.45, 2.75) is 25.7 Å². The van der Waals surface area contributed by atoms with Crippen molar-refractivity contribution in [3.05, 3.63) is 224 Å². The highest BCUT2D eigenvalue weighted by molar-refractivity contribution is 6.16. The van der Waals surface area contributed by atoms with Gasteiger partial charge in [0.2, 0.25) is 0 Å². The molecule has 2 heteroatoms. The highest BCUT2D eigenvalue weighted by Gasteiger charge is 2.28. The van der Waals surface area contributed by atoms with Crippen LogP contribution in [-0.4, -0.2) is 9.13 Å². The monoisotopic (exact) mass is 768 g/mol. The molecule has 0 unspecified atom stereocenters. The van der Waals surface area contributed by atoms with Crippen molar-refractivity contribution in [2.24, 2.45) is 0 Å². The van der Waals surface area contributed by atoms with Crippen LogP contribution < -0.4 is 0 Å². The van der Waals surface area contributed by atoms with Crippen LogP contribution in [0.25, 0.3) is 93.9 Å². The van der Waals surface area contributed by atoms with Crippen LogP contribution in [0.2, 0.25) is 0 Å². The first-order chi connectivity index (χ1) is 29.4. The number of aromatic nitrogens is 2. The Bertz CT molecular complexity index is 3330. The van der Waals surface area contributed by atoms with Crippen LogP contribution in [0.3, 0.4) is 0 Å². The number of fused-ring (bicyclic) bond motifs is 8. The zero-order chi connectivity index (χ0) is 40.4. The van der Waals surface area contributed by atoms with Crippen molar-refractivity contribution < 1.29 is 0 Å². The number of nitrogens with zero attached hydrogens (tertiary/aromatic N) is 2. The molecule has 11 rings (SSSR count). The lowest BCUT2D eigenvalue weighted by molar-refractivity contribution is 0.534. The van der Waals surface area contributed by atoms with Crippen molar-refractivity contribution in [1.82, 2.24) is 9.13 Å². The smallest absolute Gasteiger partial charge is 0.0547 e. The van der Waals surface area contributed by atoms with E-state index < -0.39 is 0 Å². The van der Waals surface area contributed by atoms with E-state index in [9.17, 15) is 0 Å². The van der Waals surface area contributed by atoms with E-state index in [-0.39, 0.29) is 5.41 Å². The van der Waals surface area contributed by atoms with Crippen LogP contribution in [0.5, 0.6) is 0 Å². The third-order valence-electron chi connectivity index (χ3n) is 12.6. The fourth-order valence-electron chi connectivity index (χ4n) is 9.57. The molecule has 2 nitrogen and oxygen atoms in total. The van der Waals surface area contributed by atoms with Crippen molar-refractivity contribution >= 4 is 49.2 Å². The molecule has 10 aromatic rings. The molecular formula is C58H44N2. The van der Waals surface area contributed by atoms with Gasteiger partial charge >= 0.3 is 0 Å². The Kier molecular flexibility index (Phi) is 8.42. The van der Waals surface area contributed by atoms with E-state index in [0.717, 1.165) is 23.4 Å². The molecule has 0 N–H and O–H groups in total. The Morgan fingerprint density at radius 3 is 1.55 bits per heavy atom. The molecule has 0 fully saturated rings. The summed E-state index contributed by atoms with van der Waals surface area (Å²) in [4.78, 5) is 0. The summed E-state index contributed by atoms with van der Waals surface area (Å²) in [5, 5.41) is 4.96. The minimum absolute atomic E-state index is 0.0839. The topological polar surface area (TPSA) is 9.86 Å². The maximum absolute atomic E-state index is 4.71. The molecule has 60 heavy (non-hydrogen) atoms. The quantitative estimate of drug-likeness (QED) is 0.165.